The molecule has 31 heavy (non-hydrogen) atoms. The summed E-state index contributed by atoms with van der Waals surface area (Å²) in [5.41, 5.74) is 3.32. The summed E-state index contributed by atoms with van der Waals surface area (Å²) in [5, 5.41) is 9.63. The first-order valence-electron chi connectivity index (χ1n) is 10.7. The van der Waals surface area contributed by atoms with Gasteiger partial charge in [-0.3, -0.25) is 4.79 Å². The minimum Gasteiger partial charge on any atom is -0.491 e. The first kappa shape index (κ1) is 25.0. The number of nitrogens with one attached hydrogen (secondary N) is 3. The first-order valence-corrected chi connectivity index (χ1v) is 10.7. The van der Waals surface area contributed by atoms with Crippen molar-refractivity contribution in [2.24, 2.45) is 10.9 Å². The van der Waals surface area contributed by atoms with E-state index in [4.69, 9.17) is 9.73 Å². The topological polar surface area (TPSA) is 74.8 Å². The van der Waals surface area contributed by atoms with E-state index >= 15 is 0 Å². The number of ether oxygens (including phenoxy) is 1. The van der Waals surface area contributed by atoms with E-state index in [1.807, 2.05) is 50.2 Å². The molecular formula is C24H33IN4O2. The molecule has 2 aromatic rings. The fraction of sp³-hybridized carbons (Fsp3) is 0.417. The molecule has 0 unspecified atom stereocenters. The standard InChI is InChI=1S/C24H32N4O2.HI/c1-17(2)30-22-12-10-21(11-13-22)28-24(26-15-14-25-23(29)19-8-9-19)27-16-20-7-5-4-6-18(20)3;/h4-7,10-13,17,19H,8-9,14-16H2,1-3H3,(H,25,29)(H2,26,27,28);1H. The Morgan fingerprint density at radius 1 is 1.06 bits per heavy atom. The van der Waals surface area contributed by atoms with Crippen LogP contribution in [0.2, 0.25) is 0 Å². The number of guanidine groups is 1. The Morgan fingerprint density at radius 2 is 1.74 bits per heavy atom. The van der Waals surface area contributed by atoms with Crippen molar-refractivity contribution in [1.82, 2.24) is 10.6 Å². The first-order chi connectivity index (χ1) is 14.5. The quantitative estimate of drug-likeness (QED) is 0.191. The van der Waals surface area contributed by atoms with Gasteiger partial charge in [0.05, 0.1) is 12.6 Å². The Labute approximate surface area is 202 Å². The average Bonchev–Trinajstić information content (AvgIpc) is 3.56. The molecule has 1 amide bonds. The van der Waals surface area contributed by atoms with Crippen molar-refractivity contribution in [1.29, 1.82) is 0 Å². The number of anilines is 1. The van der Waals surface area contributed by atoms with E-state index in [0.717, 1.165) is 24.3 Å². The number of carbonyl (C=O) groups excluding carboxylic acids is 1. The van der Waals surface area contributed by atoms with Gasteiger partial charge in [0.2, 0.25) is 5.91 Å². The summed E-state index contributed by atoms with van der Waals surface area (Å²) in [4.78, 5) is 16.5. The highest BCUT2D eigenvalue weighted by Gasteiger charge is 2.28. The summed E-state index contributed by atoms with van der Waals surface area (Å²) in [6.45, 7) is 7.86. The molecule has 0 spiro atoms. The maximum atomic E-state index is 11.8. The van der Waals surface area contributed by atoms with Gasteiger partial charge < -0.3 is 20.7 Å². The maximum absolute atomic E-state index is 11.8. The molecule has 0 saturated heterocycles. The lowest BCUT2D eigenvalue weighted by molar-refractivity contribution is -0.122. The summed E-state index contributed by atoms with van der Waals surface area (Å²) in [6.07, 6.45) is 2.17. The van der Waals surface area contributed by atoms with Crippen LogP contribution in [0, 0.1) is 12.8 Å². The number of aliphatic imine (C=N–C) groups is 1. The molecule has 2 aromatic carbocycles. The second-order valence-electron chi connectivity index (χ2n) is 7.90. The Hall–Kier alpha value is -2.29. The maximum Gasteiger partial charge on any atom is 0.223 e. The predicted molar refractivity (Wildman–Crippen MR) is 137 cm³/mol. The molecule has 6 nitrogen and oxygen atoms in total. The van der Waals surface area contributed by atoms with Gasteiger partial charge in [-0.1, -0.05) is 24.3 Å². The lowest BCUT2D eigenvalue weighted by Gasteiger charge is -2.15. The van der Waals surface area contributed by atoms with Gasteiger partial charge in [0.15, 0.2) is 5.96 Å². The second kappa shape index (κ2) is 12.5. The van der Waals surface area contributed by atoms with Crippen LogP contribution in [0.15, 0.2) is 53.5 Å². The van der Waals surface area contributed by atoms with Crippen LogP contribution < -0.4 is 20.7 Å². The van der Waals surface area contributed by atoms with Gasteiger partial charge in [0, 0.05) is 24.7 Å². The van der Waals surface area contributed by atoms with Crippen LogP contribution in [-0.4, -0.2) is 31.1 Å². The number of aryl methyl sites for hydroxylation is 1. The lowest BCUT2D eigenvalue weighted by Crippen LogP contribution is -2.38. The summed E-state index contributed by atoms with van der Waals surface area (Å²) in [6, 6.07) is 16.1. The van der Waals surface area contributed by atoms with E-state index in [1.165, 1.54) is 11.1 Å². The zero-order valence-corrected chi connectivity index (χ0v) is 20.8. The van der Waals surface area contributed by atoms with Crippen molar-refractivity contribution in [3.63, 3.8) is 0 Å². The summed E-state index contributed by atoms with van der Waals surface area (Å²) in [7, 11) is 0. The van der Waals surface area contributed by atoms with Crippen LogP contribution in [0.4, 0.5) is 5.69 Å². The van der Waals surface area contributed by atoms with Crippen LogP contribution in [-0.2, 0) is 11.3 Å². The SMILES string of the molecule is Cc1ccccc1CN=C(NCCNC(=O)C1CC1)Nc1ccc(OC(C)C)cc1.I. The van der Waals surface area contributed by atoms with Crippen LogP contribution in [0.1, 0.15) is 37.8 Å². The van der Waals surface area contributed by atoms with Crippen LogP contribution in [0.3, 0.4) is 0 Å². The highest BCUT2D eigenvalue weighted by molar-refractivity contribution is 14.0. The van der Waals surface area contributed by atoms with Crippen molar-refractivity contribution < 1.29 is 9.53 Å². The third-order valence-corrected chi connectivity index (χ3v) is 4.82. The summed E-state index contributed by atoms with van der Waals surface area (Å²) >= 11 is 0. The molecule has 0 aliphatic heterocycles. The number of nitrogens with zero attached hydrogens (tertiary/aromatic N) is 1. The monoisotopic (exact) mass is 536 g/mol. The van der Waals surface area contributed by atoms with Crippen molar-refractivity contribution in [2.45, 2.75) is 46.3 Å². The molecule has 0 radical (unpaired) electrons. The number of benzene rings is 2. The highest BCUT2D eigenvalue weighted by atomic mass is 127. The van der Waals surface area contributed by atoms with Gasteiger partial charge in [-0.05, 0) is 69.0 Å². The Balaban J connectivity index is 0.00000341. The molecule has 0 heterocycles. The van der Waals surface area contributed by atoms with Crippen LogP contribution in [0.25, 0.3) is 0 Å². The van der Waals surface area contributed by atoms with Gasteiger partial charge in [-0.25, -0.2) is 4.99 Å². The Bertz CT molecular complexity index is 864. The number of hydrogen-bond acceptors (Lipinski definition) is 3. The molecule has 1 aliphatic rings. The van der Waals surface area contributed by atoms with Crippen LogP contribution in [0.5, 0.6) is 5.75 Å². The smallest absolute Gasteiger partial charge is 0.223 e. The van der Waals surface area contributed by atoms with Crippen LogP contribution >= 0.6 is 24.0 Å². The molecular weight excluding hydrogens is 503 g/mol. The number of halogens is 1. The number of rotatable bonds is 9. The predicted octanol–water partition coefficient (Wildman–Crippen LogP) is 4.48. The fourth-order valence-corrected chi connectivity index (χ4v) is 2.97. The highest BCUT2D eigenvalue weighted by Crippen LogP contribution is 2.28. The Morgan fingerprint density at radius 3 is 2.39 bits per heavy atom. The minimum absolute atomic E-state index is 0. The molecule has 0 bridgehead atoms. The van der Waals surface area contributed by atoms with E-state index in [0.29, 0.717) is 25.6 Å². The van der Waals surface area contributed by atoms with Gasteiger partial charge in [-0.15, -0.1) is 24.0 Å². The van der Waals surface area contributed by atoms with Gasteiger partial charge >= 0.3 is 0 Å². The van der Waals surface area contributed by atoms with Crippen molar-refractivity contribution in [2.75, 3.05) is 18.4 Å². The molecule has 1 saturated carbocycles. The number of carbonyl (C=O) groups is 1. The zero-order valence-electron chi connectivity index (χ0n) is 18.5. The van der Waals surface area contributed by atoms with E-state index in [-0.39, 0.29) is 41.9 Å². The second-order valence-corrected chi connectivity index (χ2v) is 7.90. The van der Waals surface area contributed by atoms with E-state index in [9.17, 15) is 4.79 Å². The van der Waals surface area contributed by atoms with Gasteiger partial charge in [0.1, 0.15) is 5.75 Å². The normalized spacial score (nSPS) is 13.4. The minimum atomic E-state index is 0. The van der Waals surface area contributed by atoms with E-state index in [1.54, 1.807) is 0 Å². The van der Waals surface area contributed by atoms with Crippen molar-refractivity contribution in [3.05, 3.63) is 59.7 Å². The molecule has 3 rings (SSSR count). The molecule has 1 aliphatic carbocycles. The average molecular weight is 536 g/mol. The largest absolute Gasteiger partial charge is 0.491 e. The van der Waals surface area contributed by atoms with E-state index < -0.39 is 0 Å². The van der Waals surface area contributed by atoms with E-state index in [2.05, 4.69) is 35.0 Å². The number of amides is 1. The van der Waals surface area contributed by atoms with Crippen molar-refractivity contribution >= 4 is 41.5 Å². The molecule has 0 aromatic heterocycles. The van der Waals surface area contributed by atoms with Crippen molar-refractivity contribution in [3.8, 4) is 5.75 Å². The molecule has 7 heteroatoms. The van der Waals surface area contributed by atoms with Gasteiger partial charge in [0.25, 0.3) is 0 Å². The number of hydrogen-bond donors (Lipinski definition) is 3. The molecule has 0 atom stereocenters. The Kier molecular flexibility index (Phi) is 10.1. The zero-order chi connectivity index (χ0) is 21.3. The summed E-state index contributed by atoms with van der Waals surface area (Å²) < 4.78 is 5.71. The summed E-state index contributed by atoms with van der Waals surface area (Å²) in [5.74, 6) is 1.90. The van der Waals surface area contributed by atoms with Gasteiger partial charge in [-0.2, -0.15) is 0 Å². The lowest BCUT2D eigenvalue weighted by atomic mass is 10.1. The third kappa shape index (κ3) is 8.77. The molecule has 3 N–H and O–H groups in total. The fourth-order valence-electron chi connectivity index (χ4n) is 2.97. The third-order valence-electron chi connectivity index (χ3n) is 4.82. The molecule has 1 fully saturated rings. The molecule has 168 valence electrons.